The first-order chi connectivity index (χ1) is 6.84. The zero-order valence-corrected chi connectivity index (χ0v) is 8.60. The Morgan fingerprint density at radius 1 is 0.733 bits per heavy atom. The minimum atomic E-state index is 0. The third kappa shape index (κ3) is 3.11. The molecule has 2 aromatic rings. The third-order valence-electron chi connectivity index (χ3n) is 2.00. The summed E-state index contributed by atoms with van der Waals surface area (Å²) in [4.78, 5) is 0. The van der Waals surface area contributed by atoms with Crippen LogP contribution in [0.3, 0.4) is 0 Å². The summed E-state index contributed by atoms with van der Waals surface area (Å²) in [6.07, 6.45) is 0. The number of hydrogen-bond acceptors (Lipinski definition) is 1. The van der Waals surface area contributed by atoms with Gasteiger partial charge in [0.05, 0.1) is 0 Å². The highest BCUT2D eigenvalue weighted by Gasteiger charge is 1.94. The van der Waals surface area contributed by atoms with E-state index in [1.54, 1.807) is 0 Å². The molecule has 0 aliphatic heterocycles. The molecule has 0 aliphatic carbocycles. The lowest BCUT2D eigenvalue weighted by Crippen LogP contribution is -1.82. The molecule has 0 unspecified atom stereocenters. The number of hydrogen-bond donors (Lipinski definition) is 0. The second-order valence-electron chi connectivity index (χ2n) is 3.23. The largest absolute Gasteiger partial charge is 0.457 e. The van der Waals surface area contributed by atoms with Gasteiger partial charge in [-0.1, -0.05) is 35.9 Å². The van der Waals surface area contributed by atoms with E-state index in [-0.39, 0.29) is 5.48 Å². The van der Waals surface area contributed by atoms with Gasteiger partial charge >= 0.3 is 0 Å². The maximum absolute atomic E-state index is 5.63. The SMILES string of the molecule is Cc1ccc(Oc2ccccc2)cc1.O. The summed E-state index contributed by atoms with van der Waals surface area (Å²) in [5, 5.41) is 0. The minimum Gasteiger partial charge on any atom is -0.457 e. The Balaban J connectivity index is 0.00000112. The molecule has 78 valence electrons. The lowest BCUT2D eigenvalue weighted by Gasteiger charge is -2.04. The predicted octanol–water partition coefficient (Wildman–Crippen LogP) is 2.96. The van der Waals surface area contributed by atoms with Gasteiger partial charge in [-0.2, -0.15) is 0 Å². The molecular formula is C13H14O2. The number of rotatable bonds is 2. The molecule has 2 rings (SSSR count). The van der Waals surface area contributed by atoms with Crippen LogP contribution in [-0.2, 0) is 0 Å². The van der Waals surface area contributed by atoms with Gasteiger partial charge in [-0.25, -0.2) is 0 Å². The van der Waals surface area contributed by atoms with Crippen LogP contribution in [0, 0.1) is 6.92 Å². The third-order valence-corrected chi connectivity index (χ3v) is 2.00. The van der Waals surface area contributed by atoms with E-state index in [1.165, 1.54) is 5.56 Å². The normalized spacial score (nSPS) is 9.13. The predicted molar refractivity (Wildman–Crippen MR) is 61.3 cm³/mol. The van der Waals surface area contributed by atoms with E-state index in [0.717, 1.165) is 11.5 Å². The monoisotopic (exact) mass is 202 g/mol. The van der Waals surface area contributed by atoms with Crippen LogP contribution in [0.2, 0.25) is 0 Å². The molecule has 0 bridgehead atoms. The van der Waals surface area contributed by atoms with Gasteiger partial charge in [0.2, 0.25) is 0 Å². The highest BCUT2D eigenvalue weighted by atomic mass is 16.5. The lowest BCUT2D eigenvalue weighted by molar-refractivity contribution is 0.482. The Hall–Kier alpha value is -1.80. The topological polar surface area (TPSA) is 40.7 Å². The van der Waals surface area contributed by atoms with E-state index in [0.29, 0.717) is 0 Å². The Bertz CT molecular complexity index is 393. The van der Waals surface area contributed by atoms with Crippen LogP contribution >= 0.6 is 0 Å². The zero-order chi connectivity index (χ0) is 9.80. The highest BCUT2D eigenvalue weighted by Crippen LogP contribution is 2.20. The molecule has 0 fully saturated rings. The van der Waals surface area contributed by atoms with E-state index in [9.17, 15) is 0 Å². The standard InChI is InChI=1S/C13H12O.H2O/c1-11-7-9-13(10-8-11)14-12-5-3-2-4-6-12;/h2-10H,1H3;1H2. The maximum Gasteiger partial charge on any atom is 0.127 e. The van der Waals surface area contributed by atoms with Crippen LogP contribution in [0.1, 0.15) is 5.56 Å². The number of aryl methyl sites for hydroxylation is 1. The summed E-state index contributed by atoms with van der Waals surface area (Å²) in [5.41, 5.74) is 1.24. The van der Waals surface area contributed by atoms with Crippen molar-refractivity contribution in [3.05, 3.63) is 60.2 Å². The average molecular weight is 202 g/mol. The maximum atomic E-state index is 5.63. The van der Waals surface area contributed by atoms with E-state index in [4.69, 9.17) is 4.74 Å². The molecule has 15 heavy (non-hydrogen) atoms. The van der Waals surface area contributed by atoms with Crippen molar-refractivity contribution in [3.8, 4) is 11.5 Å². The van der Waals surface area contributed by atoms with Crippen molar-refractivity contribution in [1.82, 2.24) is 0 Å². The van der Waals surface area contributed by atoms with Gasteiger partial charge in [-0.05, 0) is 31.2 Å². The van der Waals surface area contributed by atoms with Crippen LogP contribution in [0.5, 0.6) is 11.5 Å². The van der Waals surface area contributed by atoms with Crippen molar-refractivity contribution in [2.45, 2.75) is 6.92 Å². The summed E-state index contributed by atoms with van der Waals surface area (Å²) in [6, 6.07) is 17.8. The van der Waals surface area contributed by atoms with Gasteiger partial charge in [-0.15, -0.1) is 0 Å². The van der Waals surface area contributed by atoms with Crippen molar-refractivity contribution in [3.63, 3.8) is 0 Å². The Labute approximate surface area is 89.4 Å². The van der Waals surface area contributed by atoms with E-state index in [1.807, 2.05) is 54.6 Å². The van der Waals surface area contributed by atoms with Crippen molar-refractivity contribution < 1.29 is 10.2 Å². The van der Waals surface area contributed by atoms with Crippen LogP contribution in [0.15, 0.2) is 54.6 Å². The van der Waals surface area contributed by atoms with Gasteiger partial charge < -0.3 is 10.2 Å². The Morgan fingerprint density at radius 3 is 1.87 bits per heavy atom. The molecule has 0 saturated heterocycles. The van der Waals surface area contributed by atoms with Crippen LogP contribution < -0.4 is 4.74 Å². The fourth-order valence-corrected chi connectivity index (χ4v) is 1.23. The molecule has 2 aromatic carbocycles. The van der Waals surface area contributed by atoms with Gasteiger partial charge in [-0.3, -0.25) is 0 Å². The summed E-state index contributed by atoms with van der Waals surface area (Å²) in [7, 11) is 0. The molecular weight excluding hydrogens is 188 g/mol. The number of ether oxygens (including phenoxy) is 1. The van der Waals surface area contributed by atoms with Crippen molar-refractivity contribution >= 4 is 0 Å². The Morgan fingerprint density at radius 2 is 1.27 bits per heavy atom. The van der Waals surface area contributed by atoms with Crippen molar-refractivity contribution in [2.24, 2.45) is 0 Å². The molecule has 0 aliphatic rings. The van der Waals surface area contributed by atoms with Crippen molar-refractivity contribution in [1.29, 1.82) is 0 Å². The molecule has 0 saturated carbocycles. The Kier molecular flexibility index (Phi) is 3.89. The summed E-state index contributed by atoms with van der Waals surface area (Å²) in [6.45, 7) is 2.06. The molecule has 0 aromatic heterocycles. The first-order valence-corrected chi connectivity index (χ1v) is 4.64. The van der Waals surface area contributed by atoms with Gasteiger partial charge in [0.25, 0.3) is 0 Å². The van der Waals surface area contributed by atoms with Gasteiger partial charge in [0.15, 0.2) is 0 Å². The van der Waals surface area contributed by atoms with Crippen LogP contribution in [-0.4, -0.2) is 5.48 Å². The number of para-hydroxylation sites is 1. The quantitative estimate of drug-likeness (QED) is 0.738. The molecule has 2 N–H and O–H groups in total. The van der Waals surface area contributed by atoms with E-state index < -0.39 is 0 Å². The van der Waals surface area contributed by atoms with E-state index in [2.05, 4.69) is 6.92 Å². The van der Waals surface area contributed by atoms with Crippen LogP contribution in [0.4, 0.5) is 0 Å². The number of benzene rings is 2. The minimum absolute atomic E-state index is 0. The second-order valence-corrected chi connectivity index (χ2v) is 3.23. The van der Waals surface area contributed by atoms with Gasteiger partial charge in [0.1, 0.15) is 11.5 Å². The second kappa shape index (κ2) is 5.17. The molecule has 0 spiro atoms. The van der Waals surface area contributed by atoms with Gasteiger partial charge in [0, 0.05) is 0 Å². The first-order valence-electron chi connectivity index (χ1n) is 4.64. The summed E-state index contributed by atoms with van der Waals surface area (Å²) >= 11 is 0. The molecule has 2 heteroatoms. The van der Waals surface area contributed by atoms with E-state index >= 15 is 0 Å². The molecule has 0 amide bonds. The van der Waals surface area contributed by atoms with Crippen molar-refractivity contribution in [2.75, 3.05) is 0 Å². The summed E-state index contributed by atoms with van der Waals surface area (Å²) in [5.74, 6) is 1.75. The average Bonchev–Trinajstić information content (AvgIpc) is 2.23. The molecule has 0 heterocycles. The highest BCUT2D eigenvalue weighted by molar-refractivity contribution is 5.32. The smallest absolute Gasteiger partial charge is 0.127 e. The zero-order valence-electron chi connectivity index (χ0n) is 8.60. The molecule has 0 radical (unpaired) electrons. The molecule has 0 atom stereocenters. The van der Waals surface area contributed by atoms with Crippen LogP contribution in [0.25, 0.3) is 0 Å². The summed E-state index contributed by atoms with van der Waals surface area (Å²) < 4.78 is 5.63. The lowest BCUT2D eigenvalue weighted by atomic mass is 10.2. The fraction of sp³-hybridized carbons (Fsp3) is 0.0769. The fourth-order valence-electron chi connectivity index (χ4n) is 1.23. The molecule has 2 nitrogen and oxygen atoms in total. The first kappa shape index (κ1) is 11.3.